The van der Waals surface area contributed by atoms with Crippen LogP contribution in [0.25, 0.3) is 0 Å². The first-order valence-corrected chi connectivity index (χ1v) is 11.3. The number of hydrogen-bond donors (Lipinski definition) is 3. The van der Waals surface area contributed by atoms with Crippen LogP contribution in [0.2, 0.25) is 4.34 Å². The fourth-order valence-electron chi connectivity index (χ4n) is 3.42. The minimum absolute atomic E-state index is 0. The lowest BCUT2D eigenvalue weighted by atomic mass is 10.0. The fraction of sp³-hybridized carbons (Fsp3) is 0.174. The number of carbonyl (C=O) groups excluding carboxylic acids is 3. The van der Waals surface area contributed by atoms with E-state index in [1.54, 1.807) is 59.5 Å². The molecule has 2 heterocycles. The highest BCUT2D eigenvalue weighted by atomic mass is 35.5. The van der Waals surface area contributed by atoms with Gasteiger partial charge in [-0.25, -0.2) is 0 Å². The Kier molecular flexibility index (Phi) is 8.51. The summed E-state index contributed by atoms with van der Waals surface area (Å²) in [5, 5.41) is 5.62. The number of anilines is 3. The van der Waals surface area contributed by atoms with Crippen LogP contribution in [0.3, 0.4) is 0 Å². The fourth-order valence-corrected chi connectivity index (χ4v) is 4.38. The Hall–Kier alpha value is -3.11. The molecule has 4 N–H and O–H groups in total. The standard InChI is InChI=1S/C23H21ClN4O4S.ClH/c24-20-9-8-19(33-20)23(31)26-12-17-16(2-1-3-18(17)25)22(30)27-14-4-6-15(7-5-14)28-10-11-32-13-21(28)29;/h1-9H,10-13,25H2,(H,26,31)(H,27,30);1H. The maximum atomic E-state index is 13.0. The number of halogens is 2. The Bertz CT molecular complexity index is 1200. The number of nitrogens with zero attached hydrogens (tertiary/aromatic N) is 1. The van der Waals surface area contributed by atoms with E-state index in [2.05, 4.69) is 10.6 Å². The molecule has 1 aliphatic heterocycles. The summed E-state index contributed by atoms with van der Waals surface area (Å²) in [4.78, 5) is 39.4. The van der Waals surface area contributed by atoms with Crippen molar-refractivity contribution in [1.82, 2.24) is 5.32 Å². The molecular formula is C23H22Cl2N4O4S. The maximum absolute atomic E-state index is 13.0. The zero-order chi connectivity index (χ0) is 23.4. The molecule has 1 saturated heterocycles. The van der Waals surface area contributed by atoms with Crippen LogP contribution in [0, 0.1) is 0 Å². The zero-order valence-electron chi connectivity index (χ0n) is 17.9. The van der Waals surface area contributed by atoms with Gasteiger partial charge in [0.1, 0.15) is 6.61 Å². The van der Waals surface area contributed by atoms with Gasteiger partial charge in [0.25, 0.3) is 17.7 Å². The molecule has 1 aliphatic rings. The largest absolute Gasteiger partial charge is 0.398 e. The van der Waals surface area contributed by atoms with Gasteiger partial charge in [-0.1, -0.05) is 17.7 Å². The van der Waals surface area contributed by atoms with Gasteiger partial charge in [0, 0.05) is 41.3 Å². The van der Waals surface area contributed by atoms with E-state index in [9.17, 15) is 14.4 Å². The van der Waals surface area contributed by atoms with Gasteiger partial charge in [-0.2, -0.15) is 0 Å². The molecule has 0 unspecified atom stereocenters. The normalized spacial score (nSPS) is 13.2. The van der Waals surface area contributed by atoms with Crippen molar-refractivity contribution in [3.05, 3.63) is 74.9 Å². The number of hydrogen-bond acceptors (Lipinski definition) is 6. The second kappa shape index (κ2) is 11.3. The predicted octanol–water partition coefficient (Wildman–Crippen LogP) is 3.95. The van der Waals surface area contributed by atoms with Crippen molar-refractivity contribution in [2.75, 3.05) is 35.7 Å². The SMILES string of the molecule is Cl.Nc1cccc(C(=O)Nc2ccc(N3CCOCC3=O)cc2)c1CNC(=O)c1ccc(Cl)s1. The van der Waals surface area contributed by atoms with Crippen molar-refractivity contribution < 1.29 is 19.1 Å². The van der Waals surface area contributed by atoms with Crippen molar-refractivity contribution in [2.45, 2.75) is 6.54 Å². The smallest absolute Gasteiger partial charge is 0.261 e. The molecule has 0 radical (unpaired) electrons. The molecule has 11 heteroatoms. The molecule has 1 aromatic heterocycles. The van der Waals surface area contributed by atoms with Gasteiger partial charge in [0.15, 0.2) is 0 Å². The van der Waals surface area contributed by atoms with E-state index in [1.165, 1.54) is 11.3 Å². The molecule has 34 heavy (non-hydrogen) atoms. The van der Waals surface area contributed by atoms with Crippen LogP contribution in [-0.4, -0.2) is 37.5 Å². The lowest BCUT2D eigenvalue weighted by Crippen LogP contribution is -2.41. The molecule has 0 atom stereocenters. The number of morpholine rings is 1. The topological polar surface area (TPSA) is 114 Å². The molecule has 4 rings (SSSR count). The van der Waals surface area contributed by atoms with Crippen LogP contribution in [0.4, 0.5) is 17.1 Å². The number of benzene rings is 2. The van der Waals surface area contributed by atoms with Gasteiger partial charge < -0.3 is 26.0 Å². The second-order valence-corrected chi connectivity index (χ2v) is 8.97. The predicted molar refractivity (Wildman–Crippen MR) is 136 cm³/mol. The number of rotatable bonds is 6. The van der Waals surface area contributed by atoms with Crippen LogP contribution in [0.5, 0.6) is 0 Å². The number of nitrogens with two attached hydrogens (primary N) is 1. The minimum Gasteiger partial charge on any atom is -0.398 e. The van der Waals surface area contributed by atoms with Gasteiger partial charge in [-0.05, 0) is 48.5 Å². The summed E-state index contributed by atoms with van der Waals surface area (Å²) in [6, 6.07) is 15.3. The first-order chi connectivity index (χ1) is 15.9. The van der Waals surface area contributed by atoms with E-state index in [0.29, 0.717) is 44.9 Å². The Morgan fingerprint density at radius 3 is 2.53 bits per heavy atom. The highest BCUT2D eigenvalue weighted by Gasteiger charge is 2.20. The van der Waals surface area contributed by atoms with Crippen LogP contribution in [0.1, 0.15) is 25.6 Å². The van der Waals surface area contributed by atoms with Crippen LogP contribution >= 0.6 is 35.3 Å². The summed E-state index contributed by atoms with van der Waals surface area (Å²) < 4.78 is 5.67. The number of ether oxygens (including phenoxy) is 1. The molecule has 0 bridgehead atoms. The molecule has 1 fully saturated rings. The quantitative estimate of drug-likeness (QED) is 0.425. The Morgan fingerprint density at radius 1 is 1.09 bits per heavy atom. The number of amides is 3. The maximum Gasteiger partial charge on any atom is 0.261 e. The van der Waals surface area contributed by atoms with Gasteiger partial charge >= 0.3 is 0 Å². The van der Waals surface area contributed by atoms with E-state index >= 15 is 0 Å². The monoisotopic (exact) mass is 520 g/mol. The van der Waals surface area contributed by atoms with Crippen molar-refractivity contribution in [3.8, 4) is 0 Å². The molecule has 3 amide bonds. The average molecular weight is 521 g/mol. The van der Waals surface area contributed by atoms with Gasteiger partial charge in [0.05, 0.1) is 15.8 Å². The van der Waals surface area contributed by atoms with Crippen LogP contribution in [-0.2, 0) is 16.1 Å². The molecule has 0 aliphatic carbocycles. The van der Waals surface area contributed by atoms with E-state index in [-0.39, 0.29) is 43.3 Å². The lowest BCUT2D eigenvalue weighted by molar-refractivity contribution is -0.125. The molecule has 2 aromatic carbocycles. The van der Waals surface area contributed by atoms with E-state index in [1.807, 2.05) is 0 Å². The summed E-state index contributed by atoms with van der Waals surface area (Å²) in [7, 11) is 0. The highest BCUT2D eigenvalue weighted by Crippen LogP contribution is 2.24. The Morgan fingerprint density at radius 2 is 1.85 bits per heavy atom. The Labute approximate surface area is 211 Å². The van der Waals surface area contributed by atoms with Gasteiger partial charge in [-0.15, -0.1) is 23.7 Å². The second-order valence-electron chi connectivity index (χ2n) is 7.26. The van der Waals surface area contributed by atoms with Gasteiger partial charge in [-0.3, -0.25) is 14.4 Å². The lowest BCUT2D eigenvalue weighted by Gasteiger charge is -2.26. The van der Waals surface area contributed by atoms with Crippen molar-refractivity contribution in [1.29, 1.82) is 0 Å². The number of thiophene rings is 1. The molecular weight excluding hydrogens is 499 g/mol. The molecule has 8 nitrogen and oxygen atoms in total. The van der Waals surface area contributed by atoms with Crippen molar-refractivity contribution >= 4 is 70.1 Å². The molecule has 178 valence electrons. The summed E-state index contributed by atoms with van der Waals surface area (Å²) >= 11 is 7.06. The van der Waals surface area contributed by atoms with Crippen molar-refractivity contribution in [3.63, 3.8) is 0 Å². The van der Waals surface area contributed by atoms with E-state index in [0.717, 1.165) is 5.69 Å². The average Bonchev–Trinajstić information content (AvgIpc) is 3.25. The summed E-state index contributed by atoms with van der Waals surface area (Å²) in [6.45, 7) is 1.12. The first-order valence-electron chi connectivity index (χ1n) is 10.1. The van der Waals surface area contributed by atoms with Crippen molar-refractivity contribution in [2.24, 2.45) is 0 Å². The Balaban J connectivity index is 0.00000324. The summed E-state index contributed by atoms with van der Waals surface area (Å²) in [5.74, 6) is -0.759. The molecule has 0 saturated carbocycles. The first kappa shape index (κ1) is 25.5. The third-order valence-electron chi connectivity index (χ3n) is 5.10. The zero-order valence-corrected chi connectivity index (χ0v) is 20.3. The number of carbonyl (C=O) groups is 3. The van der Waals surface area contributed by atoms with Gasteiger partial charge in [0.2, 0.25) is 0 Å². The third-order valence-corrected chi connectivity index (χ3v) is 6.33. The number of nitrogens with one attached hydrogen (secondary N) is 2. The summed E-state index contributed by atoms with van der Waals surface area (Å²) in [5.41, 5.74) is 8.67. The number of nitrogen functional groups attached to an aromatic ring is 1. The minimum atomic E-state index is -0.360. The van der Waals surface area contributed by atoms with E-state index < -0.39 is 0 Å². The van der Waals surface area contributed by atoms with Crippen LogP contribution < -0.4 is 21.3 Å². The molecule has 0 spiro atoms. The summed E-state index contributed by atoms with van der Waals surface area (Å²) in [6.07, 6.45) is 0. The van der Waals surface area contributed by atoms with E-state index in [4.69, 9.17) is 22.1 Å². The third kappa shape index (κ3) is 5.87. The molecule has 3 aromatic rings. The van der Waals surface area contributed by atoms with Crippen LogP contribution in [0.15, 0.2) is 54.6 Å². The highest BCUT2D eigenvalue weighted by molar-refractivity contribution is 7.18.